The molecule has 2 aromatic heterocycles. The van der Waals surface area contributed by atoms with Crippen LogP contribution in [0.15, 0.2) is 29.3 Å². The molecule has 0 aliphatic carbocycles. The highest BCUT2D eigenvalue weighted by Crippen LogP contribution is 2.32. The topological polar surface area (TPSA) is 97.1 Å². The van der Waals surface area contributed by atoms with Gasteiger partial charge < -0.3 is 24.0 Å². The lowest BCUT2D eigenvalue weighted by molar-refractivity contribution is -0.0956. The molecular formula is C26H29FN4O5. The number of piperazine rings is 1. The fourth-order valence-corrected chi connectivity index (χ4v) is 4.97. The molecule has 5 rings (SSSR count). The predicted molar refractivity (Wildman–Crippen MR) is 132 cm³/mol. The van der Waals surface area contributed by atoms with Crippen molar-refractivity contribution in [3.8, 4) is 5.75 Å². The first-order valence-corrected chi connectivity index (χ1v) is 12.1. The van der Waals surface area contributed by atoms with E-state index in [1.165, 1.54) is 12.3 Å². The minimum absolute atomic E-state index is 0.0760. The van der Waals surface area contributed by atoms with Gasteiger partial charge in [0.15, 0.2) is 6.29 Å². The number of aromatic nitrogens is 2. The molecule has 3 aromatic rings. The molecule has 4 heterocycles. The molecule has 1 saturated heterocycles. The van der Waals surface area contributed by atoms with E-state index in [9.17, 15) is 14.7 Å². The van der Waals surface area contributed by atoms with Gasteiger partial charge in [0.2, 0.25) is 5.43 Å². The quantitative estimate of drug-likeness (QED) is 0.576. The molecule has 1 N–H and O–H groups in total. The van der Waals surface area contributed by atoms with Crippen LogP contribution in [0.1, 0.15) is 41.0 Å². The van der Waals surface area contributed by atoms with E-state index in [2.05, 4.69) is 9.88 Å². The van der Waals surface area contributed by atoms with Crippen molar-refractivity contribution in [2.45, 2.75) is 46.8 Å². The Morgan fingerprint density at radius 2 is 2.00 bits per heavy atom. The number of anilines is 1. The van der Waals surface area contributed by atoms with Gasteiger partial charge in [0.25, 0.3) is 0 Å². The van der Waals surface area contributed by atoms with Crippen LogP contribution in [0.4, 0.5) is 10.1 Å². The van der Waals surface area contributed by atoms with Crippen LogP contribution in [0.3, 0.4) is 0 Å². The van der Waals surface area contributed by atoms with Gasteiger partial charge in [0, 0.05) is 62.6 Å². The van der Waals surface area contributed by atoms with E-state index in [0.29, 0.717) is 44.0 Å². The molecule has 0 saturated carbocycles. The summed E-state index contributed by atoms with van der Waals surface area (Å²) in [5.74, 6) is -1.04. The molecule has 36 heavy (non-hydrogen) atoms. The number of pyridine rings is 2. The van der Waals surface area contributed by atoms with Crippen LogP contribution in [0.2, 0.25) is 0 Å². The molecule has 1 atom stereocenters. The Hall–Kier alpha value is -3.50. The van der Waals surface area contributed by atoms with Gasteiger partial charge in [-0.25, -0.2) is 9.18 Å². The lowest BCUT2D eigenvalue weighted by atomic mass is 10.1. The summed E-state index contributed by atoms with van der Waals surface area (Å²) < 4.78 is 28.4. The number of hydrogen-bond donors (Lipinski definition) is 1. The first kappa shape index (κ1) is 24.2. The second-order valence-electron chi connectivity index (χ2n) is 9.22. The molecule has 0 bridgehead atoms. The summed E-state index contributed by atoms with van der Waals surface area (Å²) in [6.45, 7) is 9.94. The largest absolute Gasteiger partial charge is 0.477 e. The monoisotopic (exact) mass is 496 g/mol. The zero-order chi connectivity index (χ0) is 25.6. The van der Waals surface area contributed by atoms with Crippen molar-refractivity contribution in [3.63, 3.8) is 0 Å². The number of ether oxygens (including phenoxy) is 2. The number of carbonyl (C=O) groups is 1. The standard InChI is InChI=1S/C26H29FN4O5/c1-4-30-13-19(26(33)34)24(32)18-9-21(27)23(10-22(18)30)31-7-5-29(6-8-31)12-17-11-28-15(2)25-20(17)14-35-16(3)36-25/h9-11,13,16H,4-8,12,14H2,1-3H3,(H,33,34). The van der Waals surface area contributed by atoms with Gasteiger partial charge in [-0.2, -0.15) is 0 Å². The Labute approximate surface area is 207 Å². The number of nitrogens with zero attached hydrogens (tertiary/aromatic N) is 4. The first-order chi connectivity index (χ1) is 17.3. The molecule has 190 valence electrons. The molecule has 0 radical (unpaired) electrons. The smallest absolute Gasteiger partial charge is 0.341 e. The molecule has 10 heteroatoms. The van der Waals surface area contributed by atoms with Crippen molar-refractivity contribution in [1.29, 1.82) is 0 Å². The SMILES string of the molecule is CCn1cc(C(=O)O)c(=O)c2cc(F)c(N3CCN(Cc4cnc(C)c5c4COC(C)O5)CC3)cc21. The summed E-state index contributed by atoms with van der Waals surface area (Å²) in [5, 5.41) is 9.43. The van der Waals surface area contributed by atoms with Crippen LogP contribution in [-0.2, 0) is 24.4 Å². The summed E-state index contributed by atoms with van der Waals surface area (Å²) in [5.41, 5.74) is 2.85. The third-order valence-electron chi connectivity index (χ3n) is 6.98. The van der Waals surface area contributed by atoms with Crippen LogP contribution < -0.4 is 15.1 Å². The summed E-state index contributed by atoms with van der Waals surface area (Å²) in [6.07, 6.45) is 2.91. The minimum Gasteiger partial charge on any atom is -0.477 e. The van der Waals surface area contributed by atoms with Crippen LogP contribution in [0.5, 0.6) is 5.75 Å². The highest BCUT2D eigenvalue weighted by Gasteiger charge is 2.26. The van der Waals surface area contributed by atoms with Crippen molar-refractivity contribution in [2.24, 2.45) is 0 Å². The number of rotatable bonds is 5. The summed E-state index contributed by atoms with van der Waals surface area (Å²) in [4.78, 5) is 32.9. The first-order valence-electron chi connectivity index (χ1n) is 12.1. The third-order valence-corrected chi connectivity index (χ3v) is 6.98. The number of benzene rings is 1. The van der Waals surface area contributed by atoms with E-state index >= 15 is 4.39 Å². The van der Waals surface area contributed by atoms with Crippen molar-refractivity contribution in [3.05, 3.63) is 63.0 Å². The Morgan fingerprint density at radius 1 is 1.25 bits per heavy atom. The van der Waals surface area contributed by atoms with E-state index < -0.39 is 17.2 Å². The second-order valence-corrected chi connectivity index (χ2v) is 9.22. The van der Waals surface area contributed by atoms with E-state index in [4.69, 9.17) is 9.47 Å². The van der Waals surface area contributed by atoms with Gasteiger partial charge in [0.05, 0.1) is 23.5 Å². The molecule has 0 spiro atoms. The molecule has 1 unspecified atom stereocenters. The number of aromatic carboxylic acids is 1. The van der Waals surface area contributed by atoms with Crippen LogP contribution >= 0.6 is 0 Å². The van der Waals surface area contributed by atoms with Gasteiger partial charge in [-0.3, -0.25) is 14.7 Å². The fourth-order valence-electron chi connectivity index (χ4n) is 4.97. The molecule has 9 nitrogen and oxygen atoms in total. The highest BCUT2D eigenvalue weighted by molar-refractivity contribution is 5.93. The van der Waals surface area contributed by atoms with E-state index in [0.717, 1.165) is 35.7 Å². The van der Waals surface area contributed by atoms with Gasteiger partial charge >= 0.3 is 5.97 Å². The number of fused-ring (bicyclic) bond motifs is 2. The van der Waals surface area contributed by atoms with Gasteiger partial charge in [-0.05, 0) is 38.5 Å². The van der Waals surface area contributed by atoms with Gasteiger partial charge in [0.1, 0.15) is 17.1 Å². The summed E-state index contributed by atoms with van der Waals surface area (Å²) in [7, 11) is 0. The predicted octanol–water partition coefficient (Wildman–Crippen LogP) is 3.14. The maximum absolute atomic E-state index is 15.2. The van der Waals surface area contributed by atoms with Crippen LogP contribution in [-0.4, -0.2) is 58.0 Å². The number of carboxylic acid groups (broad SMARTS) is 1. The van der Waals surface area contributed by atoms with Crippen molar-refractivity contribution in [1.82, 2.24) is 14.5 Å². The highest BCUT2D eigenvalue weighted by atomic mass is 19.1. The maximum Gasteiger partial charge on any atom is 0.341 e. The third kappa shape index (κ3) is 4.31. The molecule has 0 amide bonds. The average molecular weight is 497 g/mol. The zero-order valence-corrected chi connectivity index (χ0v) is 20.6. The second kappa shape index (κ2) is 9.51. The normalized spacial score (nSPS) is 18.2. The Balaban J connectivity index is 1.36. The van der Waals surface area contributed by atoms with Gasteiger partial charge in [-0.1, -0.05) is 0 Å². The Kier molecular flexibility index (Phi) is 6.40. The maximum atomic E-state index is 15.2. The van der Waals surface area contributed by atoms with E-state index in [1.807, 2.05) is 31.9 Å². The Bertz CT molecular complexity index is 1400. The summed E-state index contributed by atoms with van der Waals surface area (Å²) in [6, 6.07) is 2.83. The lowest BCUT2D eigenvalue weighted by Crippen LogP contribution is -2.46. The molecule has 1 aromatic carbocycles. The number of hydrogen-bond acceptors (Lipinski definition) is 7. The number of aryl methyl sites for hydroxylation is 2. The Morgan fingerprint density at radius 3 is 2.69 bits per heavy atom. The molecule has 2 aliphatic heterocycles. The zero-order valence-electron chi connectivity index (χ0n) is 20.6. The molecular weight excluding hydrogens is 467 g/mol. The minimum atomic E-state index is -1.32. The summed E-state index contributed by atoms with van der Waals surface area (Å²) >= 11 is 0. The van der Waals surface area contributed by atoms with Crippen LogP contribution in [0.25, 0.3) is 10.9 Å². The van der Waals surface area contributed by atoms with Crippen molar-refractivity contribution in [2.75, 3.05) is 31.1 Å². The lowest BCUT2D eigenvalue weighted by Gasteiger charge is -2.37. The fraction of sp³-hybridized carbons (Fsp3) is 0.423. The van der Waals surface area contributed by atoms with Gasteiger partial charge in [-0.15, -0.1) is 0 Å². The number of halogens is 1. The van der Waals surface area contributed by atoms with E-state index in [-0.39, 0.29) is 17.2 Å². The van der Waals surface area contributed by atoms with Crippen molar-refractivity contribution >= 4 is 22.6 Å². The van der Waals surface area contributed by atoms with Crippen LogP contribution in [0, 0.1) is 12.7 Å². The molecule has 1 fully saturated rings. The molecule has 2 aliphatic rings. The van der Waals surface area contributed by atoms with Crippen molar-refractivity contribution < 1.29 is 23.8 Å². The van der Waals surface area contributed by atoms with E-state index in [1.54, 1.807) is 10.6 Å². The average Bonchev–Trinajstić information content (AvgIpc) is 2.86. The number of carboxylic acids is 1.